The van der Waals surface area contributed by atoms with Crippen LogP contribution in [0.4, 0.5) is 0 Å². The monoisotopic (exact) mass is 291 g/mol. The molecule has 1 aromatic carbocycles. The summed E-state index contributed by atoms with van der Waals surface area (Å²) in [6.45, 7) is 7.87. The Kier molecular flexibility index (Phi) is 5.87. The van der Waals surface area contributed by atoms with Crippen molar-refractivity contribution in [3.05, 3.63) is 29.8 Å². The molecule has 116 valence electrons. The van der Waals surface area contributed by atoms with Gasteiger partial charge in [-0.15, -0.1) is 0 Å². The zero-order valence-corrected chi connectivity index (χ0v) is 12.9. The minimum absolute atomic E-state index is 0.203. The second-order valence-electron chi connectivity index (χ2n) is 5.40. The molecule has 1 fully saturated rings. The number of morpholine rings is 1. The molecule has 0 bridgehead atoms. The highest BCUT2D eigenvalue weighted by Gasteiger charge is 2.11. The summed E-state index contributed by atoms with van der Waals surface area (Å²) < 4.78 is 10.9. The van der Waals surface area contributed by atoms with E-state index in [-0.39, 0.29) is 6.10 Å². The molecule has 1 aliphatic heterocycles. The molecule has 2 rings (SSSR count). The van der Waals surface area contributed by atoms with Crippen LogP contribution in [0.2, 0.25) is 0 Å². The van der Waals surface area contributed by atoms with Gasteiger partial charge in [0, 0.05) is 19.6 Å². The number of hydrogen-bond donors (Lipinski definition) is 1. The molecule has 0 atom stereocenters. The fourth-order valence-corrected chi connectivity index (χ4v) is 2.20. The van der Waals surface area contributed by atoms with Crippen molar-refractivity contribution in [3.8, 4) is 5.75 Å². The van der Waals surface area contributed by atoms with Crippen LogP contribution < -0.4 is 10.5 Å². The van der Waals surface area contributed by atoms with Crippen molar-refractivity contribution in [2.75, 3.05) is 32.8 Å². The summed E-state index contributed by atoms with van der Waals surface area (Å²) in [5.74, 6) is 1.53. The molecule has 0 radical (unpaired) electrons. The van der Waals surface area contributed by atoms with Crippen molar-refractivity contribution < 1.29 is 9.47 Å². The quantitative estimate of drug-likeness (QED) is 0.662. The van der Waals surface area contributed by atoms with Gasteiger partial charge in [-0.3, -0.25) is 4.99 Å². The van der Waals surface area contributed by atoms with E-state index in [0.29, 0.717) is 12.5 Å². The Hall–Kier alpha value is -1.75. The number of benzene rings is 1. The third-order valence-corrected chi connectivity index (χ3v) is 3.30. The van der Waals surface area contributed by atoms with Crippen LogP contribution in [0.5, 0.6) is 5.75 Å². The lowest BCUT2D eigenvalue weighted by atomic mass is 10.1. The topological polar surface area (TPSA) is 60.1 Å². The van der Waals surface area contributed by atoms with Gasteiger partial charge < -0.3 is 20.1 Å². The fraction of sp³-hybridized carbons (Fsp3) is 0.562. The van der Waals surface area contributed by atoms with Gasteiger partial charge in [0.05, 0.1) is 19.3 Å². The van der Waals surface area contributed by atoms with E-state index in [9.17, 15) is 0 Å². The number of ether oxygens (including phenoxy) is 2. The predicted molar refractivity (Wildman–Crippen MR) is 84.8 cm³/mol. The number of rotatable bonds is 5. The van der Waals surface area contributed by atoms with Gasteiger partial charge in [-0.25, -0.2) is 0 Å². The highest BCUT2D eigenvalue weighted by atomic mass is 16.5. The lowest BCUT2D eigenvalue weighted by Gasteiger charge is -2.27. The third kappa shape index (κ3) is 5.27. The molecular formula is C16H25N3O2. The highest BCUT2D eigenvalue weighted by Crippen LogP contribution is 2.14. The minimum Gasteiger partial charge on any atom is -0.491 e. The molecule has 0 unspecified atom stereocenters. The van der Waals surface area contributed by atoms with Gasteiger partial charge in [0.1, 0.15) is 5.75 Å². The molecule has 5 heteroatoms. The molecule has 0 spiro atoms. The molecule has 21 heavy (non-hydrogen) atoms. The molecule has 2 N–H and O–H groups in total. The average molecular weight is 291 g/mol. The first-order valence-electron chi connectivity index (χ1n) is 7.53. The smallest absolute Gasteiger partial charge is 0.191 e. The Balaban J connectivity index is 1.79. The Morgan fingerprint density at radius 2 is 1.95 bits per heavy atom. The van der Waals surface area contributed by atoms with Gasteiger partial charge in [-0.2, -0.15) is 0 Å². The van der Waals surface area contributed by atoms with Crippen LogP contribution in [0.3, 0.4) is 0 Å². The first kappa shape index (κ1) is 15.6. The summed E-state index contributed by atoms with van der Waals surface area (Å²) in [5, 5.41) is 0. The molecular weight excluding hydrogens is 266 g/mol. The number of aliphatic imine (C=N–C) groups is 1. The first-order valence-corrected chi connectivity index (χ1v) is 7.53. The first-order chi connectivity index (χ1) is 10.1. The van der Waals surface area contributed by atoms with Crippen molar-refractivity contribution in [2.24, 2.45) is 10.7 Å². The number of guanidine groups is 1. The fourth-order valence-electron chi connectivity index (χ4n) is 2.20. The van der Waals surface area contributed by atoms with Gasteiger partial charge >= 0.3 is 0 Å². The minimum atomic E-state index is 0.203. The van der Waals surface area contributed by atoms with E-state index in [2.05, 4.69) is 22.0 Å². The van der Waals surface area contributed by atoms with Gasteiger partial charge in [-0.1, -0.05) is 12.1 Å². The van der Waals surface area contributed by atoms with E-state index in [1.54, 1.807) is 0 Å². The second kappa shape index (κ2) is 7.88. The maximum absolute atomic E-state index is 5.99. The molecule has 1 aromatic rings. The molecule has 1 heterocycles. The highest BCUT2D eigenvalue weighted by molar-refractivity contribution is 5.78. The van der Waals surface area contributed by atoms with Gasteiger partial charge in [0.25, 0.3) is 0 Å². The molecule has 5 nitrogen and oxygen atoms in total. The Morgan fingerprint density at radius 3 is 2.57 bits per heavy atom. The van der Waals surface area contributed by atoms with Crippen LogP contribution in [0, 0.1) is 0 Å². The standard InChI is InChI=1S/C16H25N3O2/c1-13(2)21-15-5-3-14(4-6-15)7-8-18-16(17)19-9-11-20-12-10-19/h3-6,13H,7-12H2,1-2H3,(H2,17,18). The lowest BCUT2D eigenvalue weighted by molar-refractivity contribution is 0.0674. The Labute approximate surface area is 126 Å². The van der Waals surface area contributed by atoms with Gasteiger partial charge in [-0.05, 0) is 38.0 Å². The summed E-state index contributed by atoms with van der Waals surface area (Å²) in [6, 6.07) is 8.17. The molecule has 0 amide bonds. The number of hydrogen-bond acceptors (Lipinski definition) is 3. The maximum Gasteiger partial charge on any atom is 0.191 e. The zero-order valence-electron chi connectivity index (χ0n) is 12.9. The zero-order chi connectivity index (χ0) is 15.1. The molecule has 0 aliphatic carbocycles. The molecule has 1 aliphatic rings. The van der Waals surface area contributed by atoms with E-state index in [4.69, 9.17) is 15.2 Å². The van der Waals surface area contributed by atoms with E-state index in [1.165, 1.54) is 5.56 Å². The van der Waals surface area contributed by atoms with Crippen molar-refractivity contribution in [2.45, 2.75) is 26.4 Å². The summed E-state index contributed by atoms with van der Waals surface area (Å²) in [4.78, 5) is 6.52. The lowest BCUT2D eigenvalue weighted by Crippen LogP contribution is -2.44. The van der Waals surface area contributed by atoms with Crippen molar-refractivity contribution >= 4 is 5.96 Å². The number of nitrogens with two attached hydrogens (primary N) is 1. The SMILES string of the molecule is CC(C)Oc1ccc(CCN=C(N)N2CCOCC2)cc1. The van der Waals surface area contributed by atoms with Crippen molar-refractivity contribution in [1.82, 2.24) is 4.90 Å². The second-order valence-corrected chi connectivity index (χ2v) is 5.40. The number of nitrogens with zero attached hydrogens (tertiary/aromatic N) is 2. The van der Waals surface area contributed by atoms with Crippen LogP contribution in [0.1, 0.15) is 19.4 Å². The van der Waals surface area contributed by atoms with Crippen LogP contribution in [0.15, 0.2) is 29.3 Å². The van der Waals surface area contributed by atoms with Crippen molar-refractivity contribution in [3.63, 3.8) is 0 Å². The van der Waals surface area contributed by atoms with Gasteiger partial charge in [0.2, 0.25) is 0 Å². The van der Waals surface area contributed by atoms with Crippen LogP contribution in [0.25, 0.3) is 0 Å². The average Bonchev–Trinajstić information content (AvgIpc) is 2.49. The van der Waals surface area contributed by atoms with Crippen LogP contribution >= 0.6 is 0 Å². The van der Waals surface area contributed by atoms with E-state index >= 15 is 0 Å². The normalized spacial score (nSPS) is 16.3. The Morgan fingerprint density at radius 1 is 1.29 bits per heavy atom. The molecule has 0 saturated carbocycles. The van der Waals surface area contributed by atoms with E-state index in [0.717, 1.165) is 38.5 Å². The largest absolute Gasteiger partial charge is 0.491 e. The summed E-state index contributed by atoms with van der Waals surface area (Å²) in [7, 11) is 0. The third-order valence-electron chi connectivity index (χ3n) is 3.30. The van der Waals surface area contributed by atoms with Gasteiger partial charge in [0.15, 0.2) is 5.96 Å². The molecule has 0 aromatic heterocycles. The summed E-state index contributed by atoms with van der Waals surface area (Å²) in [5.41, 5.74) is 7.23. The Bertz CT molecular complexity index is 451. The van der Waals surface area contributed by atoms with Crippen LogP contribution in [-0.4, -0.2) is 49.8 Å². The maximum atomic E-state index is 5.99. The van der Waals surface area contributed by atoms with E-state index < -0.39 is 0 Å². The van der Waals surface area contributed by atoms with E-state index in [1.807, 2.05) is 26.0 Å². The van der Waals surface area contributed by atoms with Crippen molar-refractivity contribution in [1.29, 1.82) is 0 Å². The van der Waals surface area contributed by atoms with Crippen LogP contribution in [-0.2, 0) is 11.2 Å². The summed E-state index contributed by atoms with van der Waals surface area (Å²) in [6.07, 6.45) is 1.08. The predicted octanol–water partition coefficient (Wildman–Crippen LogP) is 1.66. The summed E-state index contributed by atoms with van der Waals surface area (Å²) >= 11 is 0. The molecule has 1 saturated heterocycles.